The first-order valence-corrected chi connectivity index (χ1v) is 9.85. The third kappa shape index (κ3) is 3.58. The molecular weight excluding hydrogens is 370 g/mol. The molecule has 0 aliphatic heterocycles. The minimum absolute atomic E-state index is 0.109. The second-order valence-electron chi connectivity index (χ2n) is 4.58. The number of sulfonamides is 1. The Kier molecular flexibility index (Phi) is 4.56. The fourth-order valence-corrected chi connectivity index (χ4v) is 4.58. The van der Waals surface area contributed by atoms with Gasteiger partial charge in [0.2, 0.25) is 0 Å². The molecule has 24 heavy (non-hydrogen) atoms. The normalized spacial score (nSPS) is 11.2. The first-order valence-electron chi connectivity index (χ1n) is 6.61. The van der Waals surface area contributed by atoms with E-state index >= 15 is 0 Å². The minimum atomic E-state index is -3.60. The molecule has 2 N–H and O–H groups in total. The van der Waals surface area contributed by atoms with E-state index in [1.807, 2.05) is 0 Å². The van der Waals surface area contributed by atoms with E-state index in [0.29, 0.717) is 11.4 Å². The van der Waals surface area contributed by atoms with Crippen LogP contribution in [-0.2, 0) is 10.0 Å². The van der Waals surface area contributed by atoms with Gasteiger partial charge in [0.25, 0.3) is 10.0 Å². The first kappa shape index (κ1) is 16.5. The zero-order chi connectivity index (χ0) is 17.2. The van der Waals surface area contributed by atoms with E-state index in [0.717, 1.165) is 22.7 Å². The first-order chi connectivity index (χ1) is 11.5. The number of nitrogens with one attached hydrogen (secondary N) is 1. The minimum Gasteiger partial charge on any atom is -0.477 e. The molecule has 9 heteroatoms. The van der Waals surface area contributed by atoms with Gasteiger partial charge in [0.15, 0.2) is 10.6 Å². The summed E-state index contributed by atoms with van der Waals surface area (Å²) in [4.78, 5) is 11.2. The monoisotopic (exact) mass is 381 g/mol. The van der Waals surface area contributed by atoms with Crippen molar-refractivity contribution in [3.8, 4) is 11.5 Å². The van der Waals surface area contributed by atoms with Crippen LogP contribution in [0.25, 0.3) is 0 Å². The van der Waals surface area contributed by atoms with E-state index in [2.05, 4.69) is 4.72 Å². The standard InChI is InChI=1S/C15H11NO5S3/c17-15(18)14-12(7-9-23-14)21-11-5-3-10(4-6-11)16-24(19,20)13-2-1-8-22-13/h1-9,16H,(H,17,18). The van der Waals surface area contributed by atoms with Gasteiger partial charge in [-0.15, -0.1) is 22.7 Å². The van der Waals surface area contributed by atoms with E-state index in [9.17, 15) is 13.2 Å². The number of hydrogen-bond donors (Lipinski definition) is 2. The number of hydrogen-bond acceptors (Lipinski definition) is 6. The quantitative estimate of drug-likeness (QED) is 0.670. The summed E-state index contributed by atoms with van der Waals surface area (Å²) < 4.78 is 32.5. The summed E-state index contributed by atoms with van der Waals surface area (Å²) in [6, 6.07) is 11.0. The van der Waals surface area contributed by atoms with E-state index in [1.165, 1.54) is 6.07 Å². The lowest BCUT2D eigenvalue weighted by Crippen LogP contribution is -2.11. The van der Waals surface area contributed by atoms with Gasteiger partial charge < -0.3 is 9.84 Å². The number of thiophene rings is 2. The number of benzene rings is 1. The van der Waals surface area contributed by atoms with Gasteiger partial charge in [-0.3, -0.25) is 4.72 Å². The van der Waals surface area contributed by atoms with Crippen LogP contribution in [0.2, 0.25) is 0 Å². The molecule has 0 aliphatic carbocycles. The van der Waals surface area contributed by atoms with Crippen molar-refractivity contribution in [2.45, 2.75) is 4.21 Å². The summed E-state index contributed by atoms with van der Waals surface area (Å²) in [5, 5.41) is 12.4. The molecule has 0 unspecified atom stereocenters. The van der Waals surface area contributed by atoms with Crippen molar-refractivity contribution in [2.75, 3.05) is 4.72 Å². The zero-order valence-electron chi connectivity index (χ0n) is 12.0. The van der Waals surface area contributed by atoms with Gasteiger partial charge in [0, 0.05) is 5.69 Å². The average Bonchev–Trinajstić information content (AvgIpc) is 3.20. The number of carboxylic acids is 1. The van der Waals surface area contributed by atoms with E-state index in [1.54, 1.807) is 47.2 Å². The summed E-state index contributed by atoms with van der Waals surface area (Å²) in [5.74, 6) is -0.394. The van der Waals surface area contributed by atoms with Crippen molar-refractivity contribution in [1.29, 1.82) is 0 Å². The molecule has 2 aromatic heterocycles. The molecule has 0 amide bonds. The number of aromatic carboxylic acids is 1. The Bertz CT molecular complexity index is 943. The largest absolute Gasteiger partial charge is 0.477 e. The van der Waals surface area contributed by atoms with Crippen molar-refractivity contribution in [2.24, 2.45) is 0 Å². The highest BCUT2D eigenvalue weighted by Gasteiger charge is 2.16. The lowest BCUT2D eigenvalue weighted by molar-refractivity contribution is 0.0699. The number of carboxylic acid groups (broad SMARTS) is 1. The van der Waals surface area contributed by atoms with Crippen molar-refractivity contribution in [1.82, 2.24) is 0 Å². The van der Waals surface area contributed by atoms with Crippen LogP contribution in [0.15, 0.2) is 57.4 Å². The topological polar surface area (TPSA) is 92.7 Å². The molecule has 0 atom stereocenters. The van der Waals surface area contributed by atoms with E-state index in [4.69, 9.17) is 9.84 Å². The number of anilines is 1. The fourth-order valence-electron chi connectivity index (χ4n) is 1.87. The molecule has 0 bridgehead atoms. The van der Waals surface area contributed by atoms with Gasteiger partial charge in [-0.1, -0.05) is 6.07 Å². The van der Waals surface area contributed by atoms with Gasteiger partial charge in [-0.05, 0) is 47.2 Å². The molecule has 0 fully saturated rings. The Hall–Kier alpha value is -2.36. The number of rotatable bonds is 6. The molecule has 0 radical (unpaired) electrons. The number of ether oxygens (including phenoxy) is 1. The lowest BCUT2D eigenvalue weighted by atomic mass is 10.3. The van der Waals surface area contributed by atoms with Crippen LogP contribution in [0, 0.1) is 0 Å². The molecule has 0 saturated carbocycles. The van der Waals surface area contributed by atoms with Crippen molar-refractivity contribution in [3.05, 3.63) is 58.1 Å². The Morgan fingerprint density at radius 2 is 1.79 bits per heavy atom. The van der Waals surface area contributed by atoms with Crippen molar-refractivity contribution >= 4 is 44.4 Å². The predicted octanol–water partition coefficient (Wildman–Crippen LogP) is 4.10. The smallest absolute Gasteiger partial charge is 0.349 e. The highest BCUT2D eigenvalue weighted by molar-refractivity contribution is 7.94. The van der Waals surface area contributed by atoms with Gasteiger partial charge in [-0.2, -0.15) is 0 Å². The van der Waals surface area contributed by atoms with E-state index < -0.39 is 16.0 Å². The fraction of sp³-hybridized carbons (Fsp3) is 0. The van der Waals surface area contributed by atoms with Crippen LogP contribution in [0.4, 0.5) is 5.69 Å². The van der Waals surface area contributed by atoms with Crippen LogP contribution < -0.4 is 9.46 Å². The highest BCUT2D eigenvalue weighted by atomic mass is 32.2. The summed E-state index contributed by atoms with van der Waals surface area (Å²) in [6.07, 6.45) is 0. The van der Waals surface area contributed by atoms with Crippen LogP contribution in [0.5, 0.6) is 11.5 Å². The molecule has 0 saturated heterocycles. The maximum atomic E-state index is 12.1. The van der Waals surface area contributed by atoms with Crippen LogP contribution >= 0.6 is 22.7 Å². The van der Waals surface area contributed by atoms with Gasteiger partial charge >= 0.3 is 5.97 Å². The molecule has 1 aromatic carbocycles. The van der Waals surface area contributed by atoms with Crippen molar-refractivity contribution < 1.29 is 23.1 Å². The molecule has 6 nitrogen and oxygen atoms in total. The molecule has 3 aromatic rings. The van der Waals surface area contributed by atoms with Crippen LogP contribution in [0.3, 0.4) is 0 Å². The van der Waals surface area contributed by atoms with Crippen LogP contribution in [-0.4, -0.2) is 19.5 Å². The molecule has 3 rings (SSSR count). The van der Waals surface area contributed by atoms with Gasteiger partial charge in [-0.25, -0.2) is 13.2 Å². The summed E-state index contributed by atoms with van der Waals surface area (Å²) in [5.41, 5.74) is 0.388. The molecule has 0 aliphatic rings. The number of carbonyl (C=O) groups is 1. The Morgan fingerprint density at radius 1 is 1.04 bits per heavy atom. The summed E-state index contributed by atoms with van der Waals surface area (Å²) in [6.45, 7) is 0. The lowest BCUT2D eigenvalue weighted by Gasteiger charge is -2.08. The summed E-state index contributed by atoms with van der Waals surface area (Å²) in [7, 11) is -3.60. The Labute approximate surface area is 146 Å². The third-order valence-electron chi connectivity index (χ3n) is 2.92. The second kappa shape index (κ2) is 6.63. The van der Waals surface area contributed by atoms with Gasteiger partial charge in [0.1, 0.15) is 9.96 Å². The summed E-state index contributed by atoms with van der Waals surface area (Å²) >= 11 is 2.20. The SMILES string of the molecule is O=C(O)c1sccc1Oc1ccc(NS(=O)(=O)c2cccs2)cc1. The average molecular weight is 381 g/mol. The van der Waals surface area contributed by atoms with Crippen LogP contribution in [0.1, 0.15) is 9.67 Å². The van der Waals surface area contributed by atoms with Crippen molar-refractivity contribution in [3.63, 3.8) is 0 Å². The Morgan fingerprint density at radius 3 is 2.42 bits per heavy atom. The Balaban J connectivity index is 1.74. The zero-order valence-corrected chi connectivity index (χ0v) is 14.5. The molecule has 2 heterocycles. The maximum absolute atomic E-state index is 12.1. The second-order valence-corrected chi connectivity index (χ2v) is 8.36. The molecular formula is C15H11NO5S3. The highest BCUT2D eigenvalue weighted by Crippen LogP contribution is 2.30. The third-order valence-corrected chi connectivity index (χ3v) is 6.58. The molecule has 124 valence electrons. The predicted molar refractivity (Wildman–Crippen MR) is 92.9 cm³/mol. The van der Waals surface area contributed by atoms with Gasteiger partial charge in [0.05, 0.1) is 0 Å². The van der Waals surface area contributed by atoms with E-state index in [-0.39, 0.29) is 14.8 Å². The maximum Gasteiger partial charge on any atom is 0.349 e. The molecule has 0 spiro atoms.